The lowest BCUT2D eigenvalue weighted by Crippen LogP contribution is -2.16. The standard InChI is InChI=1S/C19H37NS2.HI/c1-2-3-4-5-6-7-8-9-10-11-12-13-16-21-17-14-20-15-18-22-19-20;/h15,18H,2-14,16-17,19H2,1H3;1H. The van der Waals surface area contributed by atoms with Gasteiger partial charge in [-0.05, 0) is 17.6 Å². The van der Waals surface area contributed by atoms with Crippen molar-refractivity contribution in [3.63, 3.8) is 0 Å². The van der Waals surface area contributed by atoms with Gasteiger partial charge in [0.2, 0.25) is 0 Å². The molecule has 1 heterocycles. The van der Waals surface area contributed by atoms with E-state index < -0.39 is 0 Å². The Bertz CT molecular complexity index is 262. The van der Waals surface area contributed by atoms with E-state index in [1.165, 1.54) is 101 Å². The lowest BCUT2D eigenvalue weighted by atomic mass is 10.1. The molecule has 0 saturated carbocycles. The van der Waals surface area contributed by atoms with Crippen LogP contribution >= 0.6 is 47.5 Å². The van der Waals surface area contributed by atoms with E-state index in [-0.39, 0.29) is 24.0 Å². The van der Waals surface area contributed by atoms with Gasteiger partial charge in [-0.1, -0.05) is 77.6 Å². The summed E-state index contributed by atoms with van der Waals surface area (Å²) in [6.07, 6.45) is 19.7. The molecule has 1 nitrogen and oxygen atoms in total. The fraction of sp³-hybridized carbons (Fsp3) is 0.895. The SMILES string of the molecule is CCCCCCCCCCCCCCSCCN1C=CSC1.I. The van der Waals surface area contributed by atoms with Crippen LogP contribution in [0.4, 0.5) is 0 Å². The minimum absolute atomic E-state index is 0. The molecule has 4 heteroatoms. The lowest BCUT2D eigenvalue weighted by molar-refractivity contribution is 0.478. The van der Waals surface area contributed by atoms with Crippen molar-refractivity contribution in [1.29, 1.82) is 0 Å². The van der Waals surface area contributed by atoms with Crippen LogP contribution in [0.15, 0.2) is 11.6 Å². The summed E-state index contributed by atoms with van der Waals surface area (Å²) >= 11 is 4.04. The van der Waals surface area contributed by atoms with Crippen LogP contribution in [-0.2, 0) is 0 Å². The molecule has 1 aliphatic rings. The van der Waals surface area contributed by atoms with E-state index in [0.717, 1.165) is 0 Å². The third-order valence-electron chi connectivity index (χ3n) is 4.27. The van der Waals surface area contributed by atoms with Crippen LogP contribution in [0.25, 0.3) is 0 Å². The molecule has 0 saturated heterocycles. The van der Waals surface area contributed by atoms with Gasteiger partial charge in [-0.3, -0.25) is 0 Å². The number of hydrogen-bond acceptors (Lipinski definition) is 3. The van der Waals surface area contributed by atoms with E-state index in [1.54, 1.807) is 0 Å². The van der Waals surface area contributed by atoms with Gasteiger partial charge in [-0.25, -0.2) is 0 Å². The second-order valence-corrected chi connectivity index (χ2v) is 8.48. The van der Waals surface area contributed by atoms with Crippen LogP contribution in [0.5, 0.6) is 0 Å². The van der Waals surface area contributed by atoms with Crippen molar-refractivity contribution in [2.24, 2.45) is 0 Å². The van der Waals surface area contributed by atoms with Crippen LogP contribution in [0.3, 0.4) is 0 Å². The van der Waals surface area contributed by atoms with Gasteiger partial charge >= 0.3 is 0 Å². The summed E-state index contributed by atoms with van der Waals surface area (Å²) in [6.45, 7) is 3.52. The molecular weight excluding hydrogens is 433 g/mol. The summed E-state index contributed by atoms with van der Waals surface area (Å²) in [7, 11) is 0. The van der Waals surface area contributed by atoms with Gasteiger partial charge in [-0.15, -0.1) is 35.7 Å². The smallest absolute Gasteiger partial charge is 0.0675 e. The van der Waals surface area contributed by atoms with Crippen LogP contribution in [0, 0.1) is 0 Å². The van der Waals surface area contributed by atoms with Crippen LogP contribution in [0.1, 0.15) is 84.0 Å². The number of thioether (sulfide) groups is 2. The largest absolute Gasteiger partial charge is 0.367 e. The minimum atomic E-state index is 0. The van der Waals surface area contributed by atoms with Gasteiger partial charge in [0.05, 0.1) is 5.88 Å². The van der Waals surface area contributed by atoms with Crippen molar-refractivity contribution in [2.45, 2.75) is 84.0 Å². The fourth-order valence-electron chi connectivity index (χ4n) is 2.78. The monoisotopic (exact) mass is 471 g/mol. The topological polar surface area (TPSA) is 3.24 Å². The Balaban J connectivity index is 0.00000484. The van der Waals surface area contributed by atoms with Crippen molar-refractivity contribution in [3.05, 3.63) is 11.6 Å². The summed E-state index contributed by atoms with van der Waals surface area (Å²) in [5.74, 6) is 3.82. The van der Waals surface area contributed by atoms with Crippen molar-refractivity contribution in [3.8, 4) is 0 Å². The molecule has 0 bridgehead atoms. The van der Waals surface area contributed by atoms with Gasteiger partial charge in [0.15, 0.2) is 0 Å². The quantitative estimate of drug-likeness (QED) is 0.169. The van der Waals surface area contributed by atoms with Crippen LogP contribution in [0.2, 0.25) is 0 Å². The number of nitrogens with zero attached hydrogens (tertiary/aromatic N) is 1. The van der Waals surface area contributed by atoms with Gasteiger partial charge in [-0.2, -0.15) is 11.8 Å². The Morgan fingerprint density at radius 1 is 0.826 bits per heavy atom. The van der Waals surface area contributed by atoms with E-state index in [9.17, 15) is 0 Å². The van der Waals surface area contributed by atoms with E-state index in [1.807, 2.05) is 11.8 Å². The van der Waals surface area contributed by atoms with Crippen LogP contribution in [-0.4, -0.2) is 28.8 Å². The van der Waals surface area contributed by atoms with Gasteiger partial charge in [0.25, 0.3) is 0 Å². The molecule has 23 heavy (non-hydrogen) atoms. The molecule has 0 spiro atoms. The average Bonchev–Trinajstić information content (AvgIpc) is 3.04. The average molecular weight is 472 g/mol. The normalized spacial score (nSPS) is 13.5. The zero-order valence-corrected chi connectivity index (χ0v) is 19.1. The van der Waals surface area contributed by atoms with Crippen molar-refractivity contribution in [1.82, 2.24) is 4.90 Å². The number of unbranched alkanes of at least 4 members (excludes halogenated alkanes) is 11. The maximum atomic E-state index is 2.42. The highest BCUT2D eigenvalue weighted by atomic mass is 127. The molecule has 1 rings (SSSR count). The van der Waals surface area contributed by atoms with Crippen molar-refractivity contribution in [2.75, 3.05) is 23.9 Å². The maximum Gasteiger partial charge on any atom is 0.0675 e. The number of rotatable bonds is 16. The molecule has 138 valence electrons. The third-order valence-corrected chi connectivity index (χ3v) is 6.12. The highest BCUT2D eigenvalue weighted by molar-refractivity contribution is 14.0. The molecule has 0 fully saturated rings. The molecule has 1 aliphatic heterocycles. The summed E-state index contributed by atoms with van der Waals surface area (Å²) in [5, 5.41) is 2.20. The summed E-state index contributed by atoms with van der Waals surface area (Å²) < 4.78 is 0. The zero-order valence-electron chi connectivity index (χ0n) is 15.1. The predicted molar refractivity (Wildman–Crippen MR) is 122 cm³/mol. The maximum absolute atomic E-state index is 2.42. The van der Waals surface area contributed by atoms with Gasteiger partial charge < -0.3 is 4.90 Å². The Hall–Kier alpha value is 0.970. The first-order valence-electron chi connectivity index (χ1n) is 9.53. The zero-order chi connectivity index (χ0) is 15.7. The molecule has 0 aromatic heterocycles. The van der Waals surface area contributed by atoms with Crippen molar-refractivity contribution >= 4 is 47.5 Å². The Kier molecular flexibility index (Phi) is 20.1. The van der Waals surface area contributed by atoms with E-state index in [4.69, 9.17) is 0 Å². The van der Waals surface area contributed by atoms with E-state index in [0.29, 0.717) is 0 Å². The minimum Gasteiger partial charge on any atom is -0.367 e. The van der Waals surface area contributed by atoms with Gasteiger partial charge in [0.1, 0.15) is 0 Å². The summed E-state index contributed by atoms with van der Waals surface area (Å²) in [5.41, 5.74) is 0. The first-order chi connectivity index (χ1) is 10.9. The second kappa shape index (κ2) is 19.3. The van der Waals surface area contributed by atoms with E-state index in [2.05, 4.69) is 35.2 Å². The predicted octanol–water partition coefficient (Wildman–Crippen LogP) is 7.52. The van der Waals surface area contributed by atoms with E-state index >= 15 is 0 Å². The fourth-order valence-corrected chi connectivity index (χ4v) is 4.51. The molecule has 0 amide bonds. The number of halogens is 1. The summed E-state index contributed by atoms with van der Waals surface area (Å²) in [4.78, 5) is 2.42. The Morgan fingerprint density at radius 2 is 1.39 bits per heavy atom. The summed E-state index contributed by atoms with van der Waals surface area (Å²) in [6, 6.07) is 0. The first-order valence-corrected chi connectivity index (χ1v) is 11.7. The third kappa shape index (κ3) is 16.2. The molecule has 0 aromatic rings. The first kappa shape index (κ1) is 24.0. The molecule has 0 N–H and O–H groups in total. The van der Waals surface area contributed by atoms with Crippen molar-refractivity contribution < 1.29 is 0 Å². The molecule has 0 unspecified atom stereocenters. The molecule has 0 radical (unpaired) electrons. The lowest BCUT2D eigenvalue weighted by Gasteiger charge is -2.13. The Morgan fingerprint density at radius 3 is 1.91 bits per heavy atom. The second-order valence-electron chi connectivity index (χ2n) is 6.39. The highest BCUT2D eigenvalue weighted by Crippen LogP contribution is 2.16. The Labute approximate surface area is 171 Å². The van der Waals surface area contributed by atoms with Crippen LogP contribution < -0.4 is 0 Å². The molecular formula is C19H38INS2. The molecule has 0 aromatic carbocycles. The number of hydrogen-bond donors (Lipinski definition) is 0. The van der Waals surface area contributed by atoms with Gasteiger partial charge in [0, 0.05) is 18.5 Å². The molecule has 0 aliphatic carbocycles. The highest BCUT2D eigenvalue weighted by Gasteiger charge is 2.03. The molecule has 0 atom stereocenters.